The van der Waals surface area contributed by atoms with Gasteiger partial charge >= 0.3 is 6.09 Å². The molecule has 0 bridgehead atoms. The van der Waals surface area contributed by atoms with E-state index in [1.54, 1.807) is 4.90 Å². The first-order chi connectivity index (χ1) is 29.5. The van der Waals surface area contributed by atoms with Crippen molar-refractivity contribution in [2.75, 3.05) is 62.2 Å². The molecule has 4 aromatic heterocycles. The third kappa shape index (κ3) is 9.59. The van der Waals surface area contributed by atoms with Crippen LogP contribution in [-0.2, 0) is 27.2 Å². The van der Waals surface area contributed by atoms with Crippen LogP contribution in [0.1, 0.15) is 58.1 Å². The number of aromatic nitrogens is 6. The van der Waals surface area contributed by atoms with Crippen molar-refractivity contribution in [2.24, 2.45) is 11.8 Å². The van der Waals surface area contributed by atoms with Gasteiger partial charge in [0.15, 0.2) is 22.9 Å². The molecule has 0 atom stereocenters. The number of ketones is 2. The number of pyridine rings is 2. The number of rotatable bonds is 10. The van der Waals surface area contributed by atoms with Crippen molar-refractivity contribution in [3.05, 3.63) is 96.6 Å². The average molecular weight is 823 g/mol. The smallest absolute Gasteiger partial charge is 0.410 e. The van der Waals surface area contributed by atoms with Crippen molar-refractivity contribution >= 4 is 40.3 Å². The molecule has 1 N–H and O–H groups in total. The van der Waals surface area contributed by atoms with Crippen molar-refractivity contribution in [3.8, 4) is 22.5 Å². The van der Waals surface area contributed by atoms with Gasteiger partial charge in [-0.3, -0.25) is 9.59 Å². The molecule has 0 radical (unpaired) electrons. The molecule has 2 aromatic carbocycles. The highest BCUT2D eigenvalue weighted by molar-refractivity contribution is 5.85. The maximum absolute atomic E-state index is 12.3. The summed E-state index contributed by atoms with van der Waals surface area (Å²) >= 11 is 0. The Bertz CT molecular complexity index is 2520. The number of amides is 1. The van der Waals surface area contributed by atoms with Crippen LogP contribution in [0.15, 0.2) is 84.9 Å². The number of hydrogen-bond acceptors (Lipinski definition) is 11. The molecule has 10 rings (SSSR count). The van der Waals surface area contributed by atoms with Crippen molar-refractivity contribution in [1.82, 2.24) is 39.4 Å². The quantitative estimate of drug-likeness (QED) is 0.166. The molecule has 316 valence electrons. The van der Waals surface area contributed by atoms with E-state index in [0.717, 1.165) is 104 Å². The van der Waals surface area contributed by atoms with Crippen molar-refractivity contribution in [3.63, 3.8) is 0 Å². The summed E-state index contributed by atoms with van der Waals surface area (Å²) in [6.45, 7) is 12.6. The maximum Gasteiger partial charge on any atom is 0.410 e. The van der Waals surface area contributed by atoms with Crippen molar-refractivity contribution in [2.45, 2.75) is 64.9 Å². The standard InChI is InChI=1S/C26H31N5O3.C21H23N5O/c1-26(2,3)34-25(33)30-15-13-29(14-16-30)20-11-9-18(10-12-20)21-5-4-6-24-27-23(28-31(21)24)17-22(32)19-7-8-19;27-19(16-4-5-16)14-20-23-21-3-1-2-18(26(21)24-20)15-6-8-17(9-7-15)25-12-10-22-11-13-25/h4-6,9-12,19H,7-8,13-17H2,1-3H3;1-3,6-9,16,22H,4-5,10-14H2. The van der Waals surface area contributed by atoms with E-state index in [1.165, 1.54) is 5.69 Å². The van der Waals surface area contributed by atoms with Crippen LogP contribution < -0.4 is 15.1 Å². The van der Waals surface area contributed by atoms with Gasteiger partial charge in [-0.2, -0.15) is 10.2 Å². The Kier molecular flexibility index (Phi) is 11.3. The lowest BCUT2D eigenvalue weighted by Gasteiger charge is -2.36. The lowest BCUT2D eigenvalue weighted by atomic mass is 10.1. The van der Waals surface area contributed by atoms with Gasteiger partial charge in [-0.25, -0.2) is 23.8 Å². The van der Waals surface area contributed by atoms with E-state index in [4.69, 9.17) is 4.74 Å². The summed E-state index contributed by atoms with van der Waals surface area (Å²) in [5, 5.41) is 12.6. The molecular formula is C47H54N10O4. The second-order valence-corrected chi connectivity index (χ2v) is 17.5. The molecule has 6 aromatic rings. The van der Waals surface area contributed by atoms with Crippen LogP contribution in [-0.4, -0.2) is 110 Å². The second-order valence-electron chi connectivity index (χ2n) is 17.5. The fourth-order valence-corrected chi connectivity index (χ4v) is 7.98. The Balaban J connectivity index is 0.000000160. The number of Topliss-reactive ketones (excluding diaryl/α,β-unsaturated/α-hetero) is 2. The molecule has 4 fully saturated rings. The van der Waals surface area contributed by atoms with Crippen LogP contribution >= 0.6 is 0 Å². The first-order valence-electron chi connectivity index (χ1n) is 21.7. The summed E-state index contributed by atoms with van der Waals surface area (Å²) in [5.74, 6) is 2.18. The average Bonchev–Trinajstić information content (AvgIpc) is 4.21. The van der Waals surface area contributed by atoms with Crippen molar-refractivity contribution in [1.29, 1.82) is 0 Å². The molecule has 2 aliphatic carbocycles. The Morgan fingerprint density at radius 2 is 1.05 bits per heavy atom. The monoisotopic (exact) mass is 822 g/mol. The minimum Gasteiger partial charge on any atom is -0.444 e. The third-order valence-corrected chi connectivity index (χ3v) is 11.6. The van der Waals surface area contributed by atoms with Crippen LogP contribution in [0.2, 0.25) is 0 Å². The Morgan fingerprint density at radius 1 is 0.607 bits per heavy atom. The zero-order valence-corrected chi connectivity index (χ0v) is 35.3. The van der Waals surface area contributed by atoms with Gasteiger partial charge in [-0.15, -0.1) is 0 Å². The Hall–Kier alpha value is -6.15. The molecule has 2 saturated carbocycles. The number of carbonyl (C=O) groups excluding carboxylic acids is 3. The van der Waals surface area contributed by atoms with Crippen LogP contribution in [0.3, 0.4) is 0 Å². The van der Waals surface area contributed by atoms with Gasteiger partial charge < -0.3 is 24.8 Å². The van der Waals surface area contributed by atoms with Gasteiger partial charge in [-0.05, 0) is 95.0 Å². The molecule has 14 nitrogen and oxygen atoms in total. The molecule has 61 heavy (non-hydrogen) atoms. The predicted octanol–water partition coefficient (Wildman–Crippen LogP) is 6.30. The molecule has 2 saturated heterocycles. The molecule has 0 spiro atoms. The van der Waals surface area contributed by atoms with Gasteiger partial charge in [0, 0.05) is 86.7 Å². The zero-order chi connectivity index (χ0) is 42.1. The highest BCUT2D eigenvalue weighted by Gasteiger charge is 2.31. The van der Waals surface area contributed by atoms with Crippen LogP contribution in [0, 0.1) is 11.8 Å². The fraction of sp³-hybridized carbons (Fsp3) is 0.426. The van der Waals surface area contributed by atoms with E-state index in [-0.39, 0.29) is 29.5 Å². The van der Waals surface area contributed by atoms with E-state index in [0.29, 0.717) is 37.6 Å². The van der Waals surface area contributed by atoms with E-state index in [9.17, 15) is 14.4 Å². The number of nitrogens with zero attached hydrogens (tertiary/aromatic N) is 9. The first kappa shape index (κ1) is 40.3. The summed E-state index contributed by atoms with van der Waals surface area (Å²) in [6.07, 6.45) is 4.45. The highest BCUT2D eigenvalue weighted by Crippen LogP contribution is 2.32. The van der Waals surface area contributed by atoms with E-state index in [2.05, 4.69) is 83.8 Å². The molecule has 2 aliphatic heterocycles. The lowest BCUT2D eigenvalue weighted by molar-refractivity contribution is -0.120. The number of piperazine rings is 2. The molecule has 4 aliphatic rings. The van der Waals surface area contributed by atoms with E-state index in [1.807, 2.05) is 66.2 Å². The van der Waals surface area contributed by atoms with Gasteiger partial charge in [0.2, 0.25) is 0 Å². The Labute approximate surface area is 355 Å². The summed E-state index contributed by atoms with van der Waals surface area (Å²) < 4.78 is 9.17. The number of nitrogens with one attached hydrogen (secondary N) is 1. The van der Waals surface area contributed by atoms with Crippen LogP contribution in [0.4, 0.5) is 16.2 Å². The van der Waals surface area contributed by atoms with Gasteiger partial charge in [0.05, 0.1) is 24.2 Å². The summed E-state index contributed by atoms with van der Waals surface area (Å²) in [7, 11) is 0. The highest BCUT2D eigenvalue weighted by atomic mass is 16.6. The minimum absolute atomic E-state index is 0.213. The SMILES string of the molecule is CC(C)(C)OC(=O)N1CCN(c2ccc(-c3cccc4nc(CC(=O)C5CC5)nn34)cc2)CC1.O=C(Cc1nc2cccc(-c3ccc(N4CCNCC4)cc3)n2n1)C1CC1. The number of hydrogen-bond donors (Lipinski definition) is 1. The van der Waals surface area contributed by atoms with Gasteiger partial charge in [0.1, 0.15) is 17.2 Å². The zero-order valence-electron chi connectivity index (χ0n) is 35.3. The summed E-state index contributed by atoms with van der Waals surface area (Å²) in [6, 6.07) is 28.9. The fourth-order valence-electron chi connectivity index (χ4n) is 7.98. The lowest BCUT2D eigenvalue weighted by Crippen LogP contribution is -2.50. The molecule has 6 heterocycles. The molecule has 0 unspecified atom stereocenters. The molecule has 1 amide bonds. The van der Waals surface area contributed by atoms with E-state index < -0.39 is 5.60 Å². The van der Waals surface area contributed by atoms with Gasteiger partial charge in [-0.1, -0.05) is 36.4 Å². The third-order valence-electron chi connectivity index (χ3n) is 11.6. The Morgan fingerprint density at radius 3 is 1.48 bits per heavy atom. The predicted molar refractivity (Wildman–Crippen MR) is 235 cm³/mol. The number of ether oxygens (including phenoxy) is 1. The topological polar surface area (TPSA) is 143 Å². The van der Waals surface area contributed by atoms with Gasteiger partial charge in [0.25, 0.3) is 0 Å². The molecule has 14 heteroatoms. The summed E-state index contributed by atoms with van der Waals surface area (Å²) in [5.41, 5.74) is 7.50. The summed E-state index contributed by atoms with van der Waals surface area (Å²) in [4.78, 5) is 52.2. The van der Waals surface area contributed by atoms with Crippen LogP contribution in [0.5, 0.6) is 0 Å². The molecular weight excluding hydrogens is 769 g/mol. The first-order valence-corrected chi connectivity index (χ1v) is 21.7. The largest absolute Gasteiger partial charge is 0.444 e. The number of carbonyl (C=O) groups is 3. The number of fused-ring (bicyclic) bond motifs is 2. The van der Waals surface area contributed by atoms with Crippen LogP contribution in [0.25, 0.3) is 33.8 Å². The van der Waals surface area contributed by atoms with E-state index >= 15 is 0 Å². The number of anilines is 2. The number of benzene rings is 2. The minimum atomic E-state index is -0.482. The normalized spacial score (nSPS) is 17.0. The second kappa shape index (κ2) is 17.1. The van der Waals surface area contributed by atoms with Crippen molar-refractivity contribution < 1.29 is 19.1 Å². The maximum atomic E-state index is 12.3.